The van der Waals surface area contributed by atoms with Crippen LogP contribution in [0.2, 0.25) is 0 Å². The summed E-state index contributed by atoms with van der Waals surface area (Å²) in [5.74, 6) is -2.03. The summed E-state index contributed by atoms with van der Waals surface area (Å²) in [4.78, 5) is 22.3. The highest BCUT2D eigenvalue weighted by atomic mass is 19.1. The normalized spacial score (nSPS) is 11.9. The van der Waals surface area contributed by atoms with Crippen molar-refractivity contribution >= 4 is 11.8 Å². The lowest BCUT2D eigenvalue weighted by Gasteiger charge is -2.08. The van der Waals surface area contributed by atoms with E-state index < -0.39 is 11.8 Å². The molecule has 0 fully saturated rings. The van der Waals surface area contributed by atoms with Gasteiger partial charge in [0.05, 0.1) is 7.11 Å². The van der Waals surface area contributed by atoms with Crippen molar-refractivity contribution in [3.8, 4) is 5.75 Å². The van der Waals surface area contributed by atoms with E-state index in [-0.39, 0.29) is 35.9 Å². The largest absolute Gasteiger partial charge is 0.494 e. The van der Waals surface area contributed by atoms with Gasteiger partial charge in [0.25, 0.3) is 0 Å². The van der Waals surface area contributed by atoms with Crippen LogP contribution in [0.3, 0.4) is 0 Å². The molecule has 4 nitrogen and oxygen atoms in total. The fourth-order valence-corrected chi connectivity index (χ4v) is 1.64. The number of benzene rings is 1. The van der Waals surface area contributed by atoms with E-state index in [1.165, 1.54) is 19.2 Å². The number of ether oxygens (including phenoxy) is 1. The van der Waals surface area contributed by atoms with Crippen LogP contribution < -0.4 is 4.74 Å². The van der Waals surface area contributed by atoms with Crippen LogP contribution in [0.25, 0.3) is 0 Å². The van der Waals surface area contributed by atoms with Gasteiger partial charge in [0.1, 0.15) is 0 Å². The Morgan fingerprint density at radius 3 is 2.56 bits per heavy atom. The summed E-state index contributed by atoms with van der Waals surface area (Å²) < 4.78 is 18.1. The molecule has 0 aromatic heterocycles. The average molecular weight is 254 g/mol. The maximum absolute atomic E-state index is 13.4. The van der Waals surface area contributed by atoms with E-state index in [0.717, 1.165) is 6.07 Å². The quantitative estimate of drug-likeness (QED) is 0.792. The van der Waals surface area contributed by atoms with E-state index in [1.54, 1.807) is 6.92 Å². The number of aliphatic carboxylic acids is 1. The monoisotopic (exact) mass is 254 g/mol. The molecule has 1 aromatic rings. The number of carboxylic acid groups (broad SMARTS) is 1. The first kappa shape index (κ1) is 14.2. The van der Waals surface area contributed by atoms with Crippen LogP contribution in [0.5, 0.6) is 5.75 Å². The van der Waals surface area contributed by atoms with E-state index in [2.05, 4.69) is 0 Å². The van der Waals surface area contributed by atoms with Crippen LogP contribution in [0, 0.1) is 11.7 Å². The van der Waals surface area contributed by atoms with Crippen LogP contribution in [0.1, 0.15) is 30.1 Å². The number of methoxy groups -OCH3 is 1. The van der Waals surface area contributed by atoms with E-state index in [9.17, 15) is 14.0 Å². The second kappa shape index (κ2) is 6.14. The Balaban J connectivity index is 2.72. The molecular weight excluding hydrogens is 239 g/mol. The van der Waals surface area contributed by atoms with Gasteiger partial charge in [-0.1, -0.05) is 6.92 Å². The van der Waals surface area contributed by atoms with Crippen LogP contribution in [-0.2, 0) is 4.79 Å². The van der Waals surface area contributed by atoms with Crippen molar-refractivity contribution in [3.63, 3.8) is 0 Å². The Morgan fingerprint density at radius 2 is 2.06 bits per heavy atom. The lowest BCUT2D eigenvalue weighted by atomic mass is 9.97. The fraction of sp³-hybridized carbons (Fsp3) is 0.385. The van der Waals surface area contributed by atoms with Crippen molar-refractivity contribution in [1.29, 1.82) is 0 Å². The van der Waals surface area contributed by atoms with Crippen molar-refractivity contribution < 1.29 is 23.8 Å². The van der Waals surface area contributed by atoms with Gasteiger partial charge in [-0.05, 0) is 24.1 Å². The molecule has 1 rings (SSSR count). The van der Waals surface area contributed by atoms with Gasteiger partial charge in [0, 0.05) is 18.4 Å². The maximum Gasteiger partial charge on any atom is 0.303 e. The molecule has 0 aliphatic heterocycles. The van der Waals surface area contributed by atoms with E-state index in [4.69, 9.17) is 9.84 Å². The summed E-state index contributed by atoms with van der Waals surface area (Å²) in [7, 11) is 1.34. The minimum Gasteiger partial charge on any atom is -0.494 e. The third-order valence-corrected chi connectivity index (χ3v) is 2.53. The smallest absolute Gasteiger partial charge is 0.303 e. The summed E-state index contributed by atoms with van der Waals surface area (Å²) in [6, 6.07) is 3.96. The number of carboxylic acids is 1. The van der Waals surface area contributed by atoms with Gasteiger partial charge in [0.15, 0.2) is 17.3 Å². The zero-order chi connectivity index (χ0) is 13.7. The molecule has 1 aromatic carbocycles. The number of rotatable bonds is 6. The average Bonchev–Trinajstić information content (AvgIpc) is 2.27. The SMILES string of the molecule is COc1ccc(C(=O)CC(C)CC(=O)O)cc1F. The molecule has 0 saturated carbocycles. The van der Waals surface area contributed by atoms with Gasteiger partial charge in [0.2, 0.25) is 0 Å². The fourth-order valence-electron chi connectivity index (χ4n) is 1.64. The van der Waals surface area contributed by atoms with Crippen LogP contribution >= 0.6 is 0 Å². The van der Waals surface area contributed by atoms with Gasteiger partial charge in [-0.3, -0.25) is 9.59 Å². The lowest BCUT2D eigenvalue weighted by Crippen LogP contribution is -2.10. The zero-order valence-electron chi connectivity index (χ0n) is 10.3. The second-order valence-electron chi connectivity index (χ2n) is 4.18. The molecule has 0 heterocycles. The minimum absolute atomic E-state index is 0.0742. The molecule has 5 heteroatoms. The van der Waals surface area contributed by atoms with Crippen molar-refractivity contribution in [3.05, 3.63) is 29.6 Å². The Bertz CT molecular complexity index is 456. The highest BCUT2D eigenvalue weighted by molar-refractivity contribution is 5.96. The first-order valence-electron chi connectivity index (χ1n) is 5.52. The molecule has 1 N–H and O–H groups in total. The summed E-state index contributed by atoms with van der Waals surface area (Å²) in [6.07, 6.45) is 0.00243. The van der Waals surface area contributed by atoms with Crippen molar-refractivity contribution in [1.82, 2.24) is 0 Å². The van der Waals surface area contributed by atoms with E-state index >= 15 is 0 Å². The summed E-state index contributed by atoms with van der Waals surface area (Å²) >= 11 is 0. The molecule has 0 aliphatic carbocycles. The molecule has 0 amide bonds. The van der Waals surface area contributed by atoms with Gasteiger partial charge >= 0.3 is 5.97 Å². The summed E-state index contributed by atoms with van der Waals surface area (Å²) in [5, 5.41) is 8.59. The number of hydrogen-bond donors (Lipinski definition) is 1. The molecule has 1 atom stereocenters. The molecule has 98 valence electrons. The predicted molar refractivity (Wildman–Crippen MR) is 63.3 cm³/mol. The molecule has 0 spiro atoms. The topological polar surface area (TPSA) is 63.6 Å². The molecule has 18 heavy (non-hydrogen) atoms. The molecule has 0 saturated heterocycles. The maximum atomic E-state index is 13.4. The standard InChI is InChI=1S/C13H15FO4/c1-8(6-13(16)17)5-11(15)9-3-4-12(18-2)10(14)7-9/h3-4,7-8H,5-6H2,1-2H3,(H,16,17). The number of hydrogen-bond acceptors (Lipinski definition) is 3. The molecule has 0 aliphatic rings. The Morgan fingerprint density at radius 1 is 1.39 bits per heavy atom. The van der Waals surface area contributed by atoms with E-state index in [1.807, 2.05) is 0 Å². The number of carbonyl (C=O) groups excluding carboxylic acids is 1. The Hall–Kier alpha value is -1.91. The van der Waals surface area contributed by atoms with Crippen molar-refractivity contribution in [2.45, 2.75) is 19.8 Å². The molecular formula is C13H15FO4. The second-order valence-corrected chi connectivity index (χ2v) is 4.18. The summed E-state index contributed by atoms with van der Waals surface area (Å²) in [6.45, 7) is 1.67. The zero-order valence-corrected chi connectivity index (χ0v) is 10.3. The third-order valence-electron chi connectivity index (χ3n) is 2.53. The number of ketones is 1. The van der Waals surface area contributed by atoms with Crippen LogP contribution in [0.4, 0.5) is 4.39 Å². The minimum atomic E-state index is -0.948. The van der Waals surface area contributed by atoms with Gasteiger partial charge in [-0.25, -0.2) is 4.39 Å². The van der Waals surface area contributed by atoms with Crippen molar-refractivity contribution in [2.75, 3.05) is 7.11 Å². The third kappa shape index (κ3) is 3.84. The first-order chi connectivity index (χ1) is 8.43. The van der Waals surface area contributed by atoms with E-state index in [0.29, 0.717) is 0 Å². The lowest BCUT2D eigenvalue weighted by molar-refractivity contribution is -0.137. The molecule has 0 bridgehead atoms. The highest BCUT2D eigenvalue weighted by Crippen LogP contribution is 2.20. The van der Waals surface area contributed by atoms with Gasteiger partial charge in [-0.15, -0.1) is 0 Å². The van der Waals surface area contributed by atoms with Crippen LogP contribution in [-0.4, -0.2) is 24.0 Å². The van der Waals surface area contributed by atoms with Gasteiger partial charge in [-0.2, -0.15) is 0 Å². The summed E-state index contributed by atoms with van der Waals surface area (Å²) in [5.41, 5.74) is 0.227. The van der Waals surface area contributed by atoms with Crippen LogP contribution in [0.15, 0.2) is 18.2 Å². The number of Topliss-reactive ketones (excluding diaryl/α,β-unsaturated/α-hetero) is 1. The van der Waals surface area contributed by atoms with Crippen molar-refractivity contribution in [2.24, 2.45) is 5.92 Å². The predicted octanol–water partition coefficient (Wildman–Crippen LogP) is 2.52. The number of halogens is 1. The first-order valence-corrected chi connectivity index (χ1v) is 5.52. The Kier molecular flexibility index (Phi) is 4.83. The number of carbonyl (C=O) groups is 2. The van der Waals surface area contributed by atoms with Gasteiger partial charge < -0.3 is 9.84 Å². The molecule has 0 radical (unpaired) electrons. The Labute approximate surface area is 104 Å². The molecule has 1 unspecified atom stereocenters. The highest BCUT2D eigenvalue weighted by Gasteiger charge is 2.15.